The van der Waals surface area contributed by atoms with Crippen LogP contribution in [-0.4, -0.2) is 36.9 Å². The predicted octanol–water partition coefficient (Wildman–Crippen LogP) is 5.64. The Labute approximate surface area is 171 Å². The van der Waals surface area contributed by atoms with Crippen molar-refractivity contribution in [1.82, 2.24) is 9.88 Å². The van der Waals surface area contributed by atoms with Gasteiger partial charge in [-0.05, 0) is 67.8 Å². The van der Waals surface area contributed by atoms with Gasteiger partial charge < -0.3 is 9.64 Å². The van der Waals surface area contributed by atoms with Gasteiger partial charge in [-0.25, -0.2) is 9.98 Å². The second-order valence-corrected chi connectivity index (χ2v) is 7.86. The lowest BCUT2D eigenvalue weighted by Gasteiger charge is -2.11. The van der Waals surface area contributed by atoms with Crippen molar-refractivity contribution in [2.75, 3.05) is 20.7 Å². The Balaban J connectivity index is 1.77. The van der Waals surface area contributed by atoms with Crippen LogP contribution in [0.1, 0.15) is 28.6 Å². The van der Waals surface area contributed by atoms with E-state index in [1.165, 1.54) is 16.7 Å². The molecule has 28 heavy (non-hydrogen) atoms. The van der Waals surface area contributed by atoms with E-state index in [1.54, 1.807) is 18.4 Å². The fourth-order valence-electron chi connectivity index (χ4n) is 2.88. The van der Waals surface area contributed by atoms with Crippen LogP contribution in [0.3, 0.4) is 0 Å². The Bertz CT molecular complexity index is 960. The van der Waals surface area contributed by atoms with Crippen LogP contribution in [0, 0.1) is 13.8 Å². The van der Waals surface area contributed by atoms with E-state index in [4.69, 9.17) is 9.72 Å². The number of ether oxygens (including phenoxy) is 1. The number of thiazole rings is 1. The van der Waals surface area contributed by atoms with Gasteiger partial charge in [0.25, 0.3) is 0 Å². The summed E-state index contributed by atoms with van der Waals surface area (Å²) in [6.07, 6.45) is 2.73. The van der Waals surface area contributed by atoms with Crippen LogP contribution in [0.2, 0.25) is 0 Å². The second-order valence-electron chi connectivity index (χ2n) is 6.91. The molecule has 0 atom stereocenters. The number of benzene rings is 2. The molecule has 0 bridgehead atoms. The van der Waals surface area contributed by atoms with Gasteiger partial charge in [0.2, 0.25) is 0 Å². The van der Waals surface area contributed by atoms with Gasteiger partial charge in [-0.3, -0.25) is 0 Å². The van der Waals surface area contributed by atoms with Crippen LogP contribution in [0.4, 0.5) is 5.69 Å². The molecule has 4 nitrogen and oxygen atoms in total. The largest absolute Gasteiger partial charge is 0.497 e. The summed E-state index contributed by atoms with van der Waals surface area (Å²) >= 11 is 1.71. The van der Waals surface area contributed by atoms with E-state index in [9.17, 15) is 0 Å². The average molecular weight is 394 g/mol. The maximum atomic E-state index is 5.23. The van der Waals surface area contributed by atoms with Crippen LogP contribution in [0.5, 0.6) is 5.75 Å². The first-order valence-electron chi connectivity index (χ1n) is 9.43. The molecule has 1 aromatic heterocycles. The summed E-state index contributed by atoms with van der Waals surface area (Å²) in [5.41, 5.74) is 6.89. The Hall–Kier alpha value is -2.66. The van der Waals surface area contributed by atoms with Gasteiger partial charge in [-0.15, -0.1) is 11.3 Å². The normalized spacial score (nSPS) is 11.2. The van der Waals surface area contributed by atoms with Crippen LogP contribution < -0.4 is 4.74 Å². The van der Waals surface area contributed by atoms with Crippen molar-refractivity contribution in [2.24, 2.45) is 4.99 Å². The number of hydrogen-bond acceptors (Lipinski definition) is 4. The summed E-state index contributed by atoms with van der Waals surface area (Å²) in [6.45, 7) is 7.32. The smallest absolute Gasteiger partial charge is 0.118 e. The van der Waals surface area contributed by atoms with E-state index in [1.807, 2.05) is 37.7 Å². The fourth-order valence-corrected chi connectivity index (χ4v) is 3.71. The molecule has 0 aliphatic heterocycles. The molecule has 0 unspecified atom stereocenters. The lowest BCUT2D eigenvalue weighted by molar-refractivity contribution is 0.415. The molecule has 0 N–H and O–H groups in total. The summed E-state index contributed by atoms with van der Waals surface area (Å²) in [5.74, 6) is 0.859. The number of aromatic nitrogens is 1. The number of rotatable bonds is 7. The molecule has 2 aromatic carbocycles. The van der Waals surface area contributed by atoms with Gasteiger partial charge in [0.1, 0.15) is 5.75 Å². The van der Waals surface area contributed by atoms with Gasteiger partial charge in [0, 0.05) is 31.0 Å². The SMILES string of the molecule is CCN(C)C=Nc1cc(C)c(Cc2nc(-c3ccc(OC)cc3)cs2)cc1C. The molecule has 1 heterocycles. The van der Waals surface area contributed by atoms with Crippen molar-refractivity contribution < 1.29 is 4.74 Å². The van der Waals surface area contributed by atoms with Gasteiger partial charge >= 0.3 is 0 Å². The number of hydrogen-bond donors (Lipinski definition) is 0. The maximum Gasteiger partial charge on any atom is 0.118 e. The minimum Gasteiger partial charge on any atom is -0.497 e. The molecule has 0 spiro atoms. The highest BCUT2D eigenvalue weighted by molar-refractivity contribution is 7.10. The zero-order valence-electron chi connectivity index (χ0n) is 17.2. The predicted molar refractivity (Wildman–Crippen MR) is 119 cm³/mol. The lowest BCUT2D eigenvalue weighted by atomic mass is 10.0. The fraction of sp³-hybridized carbons (Fsp3) is 0.304. The van der Waals surface area contributed by atoms with Gasteiger partial charge in [0.05, 0.1) is 29.8 Å². The zero-order chi connectivity index (χ0) is 20.1. The first-order valence-corrected chi connectivity index (χ1v) is 10.3. The van der Waals surface area contributed by atoms with Crippen molar-refractivity contribution in [3.05, 3.63) is 63.5 Å². The molecule has 3 aromatic rings. The average Bonchev–Trinajstić information content (AvgIpc) is 3.17. The van der Waals surface area contributed by atoms with Crippen molar-refractivity contribution >= 4 is 23.4 Å². The summed E-state index contributed by atoms with van der Waals surface area (Å²) in [7, 11) is 3.71. The van der Waals surface area contributed by atoms with Gasteiger partial charge in [-0.2, -0.15) is 0 Å². The van der Waals surface area contributed by atoms with Crippen LogP contribution in [-0.2, 0) is 6.42 Å². The monoisotopic (exact) mass is 393 g/mol. The Morgan fingerprint density at radius 3 is 2.57 bits per heavy atom. The Kier molecular flexibility index (Phi) is 6.47. The first-order chi connectivity index (χ1) is 13.5. The zero-order valence-corrected chi connectivity index (χ0v) is 18.0. The van der Waals surface area contributed by atoms with Crippen LogP contribution in [0.15, 0.2) is 46.8 Å². The second kappa shape index (κ2) is 9.02. The molecular weight excluding hydrogens is 366 g/mol. The number of nitrogens with zero attached hydrogens (tertiary/aromatic N) is 3. The molecule has 146 valence electrons. The quantitative estimate of drug-likeness (QED) is 0.385. The minimum absolute atomic E-state index is 0.840. The molecule has 0 fully saturated rings. The first kappa shape index (κ1) is 20.1. The number of methoxy groups -OCH3 is 1. The van der Waals surface area contributed by atoms with E-state index in [0.717, 1.165) is 40.7 Å². The minimum atomic E-state index is 0.840. The van der Waals surface area contributed by atoms with Crippen molar-refractivity contribution in [3.63, 3.8) is 0 Å². The van der Waals surface area contributed by atoms with Crippen molar-refractivity contribution in [3.8, 4) is 17.0 Å². The molecule has 0 aliphatic rings. The highest BCUT2D eigenvalue weighted by atomic mass is 32.1. The molecule has 0 saturated carbocycles. The summed E-state index contributed by atoms with van der Waals surface area (Å²) < 4.78 is 5.23. The Morgan fingerprint density at radius 1 is 1.14 bits per heavy atom. The molecule has 0 radical (unpaired) electrons. The van der Waals surface area contributed by atoms with Crippen molar-refractivity contribution in [1.29, 1.82) is 0 Å². The van der Waals surface area contributed by atoms with E-state index >= 15 is 0 Å². The van der Waals surface area contributed by atoms with Crippen LogP contribution >= 0.6 is 11.3 Å². The lowest BCUT2D eigenvalue weighted by Crippen LogP contribution is -2.14. The molecule has 0 amide bonds. The third-order valence-corrected chi connectivity index (χ3v) is 5.68. The van der Waals surface area contributed by atoms with E-state index in [2.05, 4.69) is 48.2 Å². The standard InChI is InChI=1S/C23H27N3OS/c1-6-26(4)15-24-21-12-16(2)19(11-17(21)3)13-23-25-22(14-28-23)18-7-9-20(27-5)10-8-18/h7-12,14-15H,6,13H2,1-5H3. The summed E-state index contributed by atoms with van der Waals surface area (Å²) in [6, 6.07) is 12.4. The molecule has 0 saturated heterocycles. The highest BCUT2D eigenvalue weighted by Gasteiger charge is 2.09. The third kappa shape index (κ3) is 4.78. The number of aryl methyl sites for hydroxylation is 2. The Morgan fingerprint density at radius 2 is 1.89 bits per heavy atom. The van der Waals surface area contributed by atoms with Crippen molar-refractivity contribution in [2.45, 2.75) is 27.2 Å². The molecule has 3 rings (SSSR count). The number of aliphatic imine (C=N–C) groups is 1. The third-order valence-electron chi connectivity index (χ3n) is 4.83. The summed E-state index contributed by atoms with van der Waals surface area (Å²) in [5, 5.41) is 3.24. The topological polar surface area (TPSA) is 37.7 Å². The van der Waals surface area contributed by atoms with Gasteiger partial charge in [0.15, 0.2) is 0 Å². The van der Waals surface area contributed by atoms with Gasteiger partial charge in [-0.1, -0.05) is 6.07 Å². The van der Waals surface area contributed by atoms with E-state index in [0.29, 0.717) is 0 Å². The molecule has 0 aliphatic carbocycles. The van der Waals surface area contributed by atoms with E-state index < -0.39 is 0 Å². The highest BCUT2D eigenvalue weighted by Crippen LogP contribution is 2.28. The summed E-state index contributed by atoms with van der Waals surface area (Å²) in [4.78, 5) is 11.5. The maximum absolute atomic E-state index is 5.23. The molecular formula is C23H27N3OS. The van der Waals surface area contributed by atoms with Crippen LogP contribution in [0.25, 0.3) is 11.3 Å². The molecule has 5 heteroatoms. The van der Waals surface area contributed by atoms with E-state index in [-0.39, 0.29) is 0 Å².